The molecule has 3 N–H and O–H groups in total. The number of hydrogen-bond donors (Lipinski definition) is 3. The molecule has 0 aliphatic carbocycles. The molecule has 3 unspecified atom stereocenters. The second-order valence-electron chi connectivity index (χ2n) is 4.16. The van der Waals surface area contributed by atoms with Crippen LogP contribution in [0, 0.1) is 0 Å². The van der Waals surface area contributed by atoms with Crippen LogP contribution in [0.5, 0.6) is 0 Å². The van der Waals surface area contributed by atoms with E-state index >= 15 is 0 Å². The molecule has 0 amide bonds. The number of nitrogens with one attached hydrogen (secondary N) is 1. The molecule has 1 rings (SSSR count). The monoisotopic (exact) mass is 277 g/mol. The normalized spacial score (nSPS) is 16.6. The minimum absolute atomic E-state index is 0.205. The molecule has 3 atom stereocenters. The summed E-state index contributed by atoms with van der Waals surface area (Å²) >= 11 is 11.8. The second-order valence-corrected chi connectivity index (χ2v) is 5.00. The number of aliphatic hydroxyl groups excluding tert-OH is 2. The van der Waals surface area contributed by atoms with Crippen molar-refractivity contribution in [2.75, 3.05) is 6.54 Å². The van der Waals surface area contributed by atoms with E-state index in [2.05, 4.69) is 5.32 Å². The van der Waals surface area contributed by atoms with E-state index in [1.807, 2.05) is 6.92 Å². The maximum atomic E-state index is 10.1. The van der Waals surface area contributed by atoms with E-state index in [0.717, 1.165) is 0 Å². The first-order chi connectivity index (χ1) is 7.91. The Balaban J connectivity index is 2.71. The van der Waals surface area contributed by atoms with E-state index < -0.39 is 12.2 Å². The first-order valence-corrected chi connectivity index (χ1v) is 6.22. The molecule has 0 aromatic heterocycles. The molecular formula is C12H17Cl2NO2. The fourth-order valence-corrected chi connectivity index (χ4v) is 2.00. The summed E-state index contributed by atoms with van der Waals surface area (Å²) in [4.78, 5) is 0. The first kappa shape index (κ1) is 14.7. The molecule has 0 saturated carbocycles. The average molecular weight is 278 g/mol. The van der Waals surface area contributed by atoms with Gasteiger partial charge in [0.15, 0.2) is 0 Å². The Kier molecular flexibility index (Phi) is 5.70. The van der Waals surface area contributed by atoms with Gasteiger partial charge in [0.05, 0.1) is 12.2 Å². The first-order valence-electron chi connectivity index (χ1n) is 5.46. The van der Waals surface area contributed by atoms with Crippen molar-refractivity contribution in [2.45, 2.75) is 32.1 Å². The van der Waals surface area contributed by atoms with Crippen LogP contribution in [0.25, 0.3) is 0 Å². The Morgan fingerprint density at radius 1 is 1.24 bits per heavy atom. The highest BCUT2D eigenvalue weighted by atomic mass is 35.5. The second kappa shape index (κ2) is 6.57. The molecule has 17 heavy (non-hydrogen) atoms. The van der Waals surface area contributed by atoms with Crippen LogP contribution in [0.2, 0.25) is 10.0 Å². The largest absolute Gasteiger partial charge is 0.392 e. The van der Waals surface area contributed by atoms with Crippen LogP contribution in [0.3, 0.4) is 0 Å². The van der Waals surface area contributed by atoms with Crippen molar-refractivity contribution in [3.05, 3.63) is 33.8 Å². The van der Waals surface area contributed by atoms with Gasteiger partial charge < -0.3 is 15.5 Å². The van der Waals surface area contributed by atoms with Gasteiger partial charge in [-0.05, 0) is 26.0 Å². The predicted octanol–water partition coefficient (Wildman–Crippen LogP) is 2.39. The summed E-state index contributed by atoms with van der Waals surface area (Å²) < 4.78 is 0. The molecule has 1 aromatic carbocycles. The Hall–Kier alpha value is -0.320. The molecule has 1 aromatic rings. The van der Waals surface area contributed by atoms with E-state index in [1.165, 1.54) is 0 Å². The fourth-order valence-electron chi connectivity index (χ4n) is 1.48. The maximum Gasteiger partial charge on any atom is 0.0954 e. The van der Waals surface area contributed by atoms with Gasteiger partial charge in [0.25, 0.3) is 0 Å². The highest BCUT2D eigenvalue weighted by molar-refractivity contribution is 6.35. The fraction of sp³-hybridized carbons (Fsp3) is 0.500. The summed E-state index contributed by atoms with van der Waals surface area (Å²) in [6.07, 6.45) is -1.19. The van der Waals surface area contributed by atoms with Gasteiger partial charge in [-0.2, -0.15) is 0 Å². The number of benzene rings is 1. The Labute approximate surface area is 111 Å². The van der Waals surface area contributed by atoms with Crippen LogP contribution >= 0.6 is 23.2 Å². The molecule has 0 heterocycles. The lowest BCUT2D eigenvalue weighted by Crippen LogP contribution is -2.36. The summed E-state index contributed by atoms with van der Waals surface area (Å²) in [5, 5.41) is 23.3. The van der Waals surface area contributed by atoms with Gasteiger partial charge in [-0.3, -0.25) is 0 Å². The molecule has 96 valence electrons. The number of aliphatic hydroxyl groups is 2. The predicted molar refractivity (Wildman–Crippen MR) is 70.6 cm³/mol. The van der Waals surface area contributed by atoms with Crippen LogP contribution in [0.1, 0.15) is 25.5 Å². The highest BCUT2D eigenvalue weighted by Gasteiger charge is 2.19. The van der Waals surface area contributed by atoms with Gasteiger partial charge in [0.2, 0.25) is 0 Å². The molecule has 0 aliphatic rings. The van der Waals surface area contributed by atoms with Gasteiger partial charge in [0.1, 0.15) is 0 Å². The van der Waals surface area contributed by atoms with Crippen LogP contribution < -0.4 is 5.32 Å². The third-order valence-corrected chi connectivity index (χ3v) is 3.05. The van der Waals surface area contributed by atoms with E-state index in [0.29, 0.717) is 22.2 Å². The van der Waals surface area contributed by atoms with Crippen molar-refractivity contribution in [3.8, 4) is 0 Å². The molecule has 5 heteroatoms. The Morgan fingerprint density at radius 2 is 1.88 bits per heavy atom. The van der Waals surface area contributed by atoms with Gasteiger partial charge in [0, 0.05) is 28.2 Å². The van der Waals surface area contributed by atoms with Crippen molar-refractivity contribution in [3.63, 3.8) is 0 Å². The smallest absolute Gasteiger partial charge is 0.0954 e. The highest BCUT2D eigenvalue weighted by Crippen LogP contribution is 2.27. The van der Waals surface area contributed by atoms with E-state index in [4.69, 9.17) is 28.3 Å². The zero-order valence-electron chi connectivity index (χ0n) is 9.82. The zero-order chi connectivity index (χ0) is 13.0. The third-order valence-electron chi connectivity index (χ3n) is 2.49. The lowest BCUT2D eigenvalue weighted by Gasteiger charge is -2.22. The van der Waals surface area contributed by atoms with Crippen LogP contribution in [0.4, 0.5) is 0 Å². The quantitative estimate of drug-likeness (QED) is 0.775. The number of halogens is 2. The third kappa shape index (κ3) is 4.45. The molecule has 0 bridgehead atoms. The van der Waals surface area contributed by atoms with Gasteiger partial charge in [-0.15, -0.1) is 0 Å². The molecule has 0 fully saturated rings. The molecule has 0 saturated heterocycles. The van der Waals surface area contributed by atoms with Gasteiger partial charge in [-0.25, -0.2) is 0 Å². The Bertz CT molecular complexity index is 372. The molecule has 3 nitrogen and oxygen atoms in total. The topological polar surface area (TPSA) is 52.5 Å². The minimum atomic E-state index is -0.737. The number of rotatable bonds is 5. The average Bonchev–Trinajstić information content (AvgIpc) is 2.25. The van der Waals surface area contributed by atoms with E-state index in [9.17, 15) is 5.11 Å². The van der Waals surface area contributed by atoms with Crippen molar-refractivity contribution in [1.82, 2.24) is 5.32 Å². The van der Waals surface area contributed by atoms with Crippen LogP contribution in [-0.2, 0) is 0 Å². The van der Waals surface area contributed by atoms with Crippen LogP contribution in [0.15, 0.2) is 18.2 Å². The van der Waals surface area contributed by atoms with Gasteiger partial charge >= 0.3 is 0 Å². The Morgan fingerprint density at radius 3 is 2.41 bits per heavy atom. The van der Waals surface area contributed by atoms with Crippen molar-refractivity contribution >= 4 is 23.2 Å². The summed E-state index contributed by atoms with van der Waals surface area (Å²) in [7, 11) is 0. The zero-order valence-corrected chi connectivity index (χ0v) is 11.3. The summed E-state index contributed by atoms with van der Waals surface area (Å²) in [6.45, 7) is 3.93. The van der Waals surface area contributed by atoms with Crippen molar-refractivity contribution in [2.24, 2.45) is 0 Å². The maximum absolute atomic E-state index is 10.1. The summed E-state index contributed by atoms with van der Waals surface area (Å²) in [6, 6.07) is 4.79. The van der Waals surface area contributed by atoms with E-state index in [1.54, 1.807) is 25.1 Å². The molecular weight excluding hydrogens is 261 g/mol. The lowest BCUT2D eigenvalue weighted by atomic mass is 10.0. The molecule has 0 spiro atoms. The molecule has 0 radical (unpaired) electrons. The van der Waals surface area contributed by atoms with Crippen LogP contribution in [-0.4, -0.2) is 28.9 Å². The minimum Gasteiger partial charge on any atom is -0.392 e. The molecule has 0 aliphatic heterocycles. The lowest BCUT2D eigenvalue weighted by molar-refractivity contribution is 0.121. The summed E-state index contributed by atoms with van der Waals surface area (Å²) in [5.74, 6) is 0. The number of hydrogen-bond acceptors (Lipinski definition) is 3. The van der Waals surface area contributed by atoms with Crippen molar-refractivity contribution in [1.29, 1.82) is 0 Å². The van der Waals surface area contributed by atoms with Gasteiger partial charge in [-0.1, -0.05) is 29.3 Å². The van der Waals surface area contributed by atoms with E-state index in [-0.39, 0.29) is 6.04 Å². The standard InChI is InChI=1S/C12H17Cl2NO2/c1-7(16)6-15-8(2)12(17)10-4-3-9(13)5-11(10)14/h3-5,7-8,12,15-17H,6H2,1-2H3. The summed E-state index contributed by atoms with van der Waals surface area (Å²) in [5.41, 5.74) is 0.627. The SMILES string of the molecule is CC(O)CNC(C)C(O)c1ccc(Cl)cc1Cl. The van der Waals surface area contributed by atoms with Crippen molar-refractivity contribution < 1.29 is 10.2 Å².